The zero-order valence-corrected chi connectivity index (χ0v) is 29.1. The van der Waals surface area contributed by atoms with E-state index in [1.807, 2.05) is 13.8 Å². The van der Waals surface area contributed by atoms with Crippen LogP contribution in [-0.2, 0) is 19.1 Å². The van der Waals surface area contributed by atoms with Crippen molar-refractivity contribution in [3.8, 4) is 0 Å². The first kappa shape index (κ1) is 45.4. The maximum Gasteiger partial charge on any atom is 0.308 e. The molecule has 2 unspecified atom stereocenters. The zero-order valence-electron chi connectivity index (χ0n) is 24.5. The molecule has 212 valence electrons. The van der Waals surface area contributed by atoms with E-state index in [1.54, 1.807) is 0 Å². The molecule has 7 heteroatoms. The number of carbonyl (C=O) groups is 2. The molecule has 4 nitrogen and oxygen atoms in total. The van der Waals surface area contributed by atoms with Crippen LogP contribution in [-0.4, -0.2) is 60.6 Å². The number of thiol groups is 2. The van der Waals surface area contributed by atoms with Crippen LogP contribution in [0.15, 0.2) is 0 Å². The summed E-state index contributed by atoms with van der Waals surface area (Å²) in [5, 5.41) is 0. The SMILES string of the molecule is CCCC.CCCC.CCCCC(CC)C(=O)OCCS.CCCCC(CC)C(=O)OCCS.[Sn]. The summed E-state index contributed by atoms with van der Waals surface area (Å²) >= 11 is 7.97. The van der Waals surface area contributed by atoms with E-state index in [9.17, 15) is 9.59 Å². The predicted octanol–water partition coefficient (Wildman–Crippen LogP) is 8.58. The average Bonchev–Trinajstić information content (AvgIpc) is 2.87. The van der Waals surface area contributed by atoms with Crippen molar-refractivity contribution in [2.75, 3.05) is 24.7 Å². The predicted molar refractivity (Wildman–Crippen MR) is 163 cm³/mol. The molecule has 0 aromatic heterocycles. The summed E-state index contributed by atoms with van der Waals surface area (Å²) in [6.07, 6.45) is 13.4. The minimum Gasteiger partial charge on any atom is -0.465 e. The minimum atomic E-state index is -0.0509. The van der Waals surface area contributed by atoms with Crippen molar-refractivity contribution in [3.05, 3.63) is 0 Å². The first-order chi connectivity index (χ1) is 16.3. The Bertz CT molecular complexity index is 359. The van der Waals surface area contributed by atoms with E-state index in [0.29, 0.717) is 24.7 Å². The van der Waals surface area contributed by atoms with E-state index in [0.717, 1.165) is 51.4 Å². The first-order valence-electron chi connectivity index (χ1n) is 13.9. The van der Waals surface area contributed by atoms with Crippen LogP contribution in [0.3, 0.4) is 0 Å². The number of hydrogen-bond acceptors (Lipinski definition) is 6. The summed E-state index contributed by atoms with van der Waals surface area (Å²) in [6, 6.07) is 0. The second-order valence-electron chi connectivity index (χ2n) is 8.28. The van der Waals surface area contributed by atoms with E-state index in [1.165, 1.54) is 25.7 Å². The van der Waals surface area contributed by atoms with Crippen LogP contribution in [0.5, 0.6) is 0 Å². The summed E-state index contributed by atoms with van der Waals surface area (Å²) in [5.74, 6) is 1.31. The summed E-state index contributed by atoms with van der Waals surface area (Å²) in [7, 11) is 0. The Labute approximate surface area is 248 Å². The number of esters is 2. The summed E-state index contributed by atoms with van der Waals surface area (Å²) in [4.78, 5) is 22.8. The molecular formula is C28H60O4S2Sn. The topological polar surface area (TPSA) is 52.6 Å². The zero-order chi connectivity index (χ0) is 27.0. The van der Waals surface area contributed by atoms with Crippen LogP contribution in [0.2, 0.25) is 0 Å². The Hall–Kier alpha value is 0.439. The number of carbonyl (C=O) groups excluding carboxylic acids is 2. The van der Waals surface area contributed by atoms with Crippen molar-refractivity contribution >= 4 is 61.1 Å². The third-order valence-electron chi connectivity index (χ3n) is 5.14. The molecule has 35 heavy (non-hydrogen) atoms. The van der Waals surface area contributed by atoms with Crippen LogP contribution >= 0.6 is 25.3 Å². The number of rotatable bonds is 16. The van der Waals surface area contributed by atoms with Crippen LogP contribution in [0, 0.1) is 11.8 Å². The molecular weight excluding hydrogens is 583 g/mol. The fourth-order valence-electron chi connectivity index (χ4n) is 2.41. The Morgan fingerprint density at radius 1 is 0.571 bits per heavy atom. The molecule has 0 N–H and O–H groups in total. The van der Waals surface area contributed by atoms with Gasteiger partial charge in [0.25, 0.3) is 0 Å². The van der Waals surface area contributed by atoms with Crippen molar-refractivity contribution in [2.24, 2.45) is 11.8 Å². The third kappa shape index (κ3) is 39.1. The Morgan fingerprint density at radius 3 is 1.03 bits per heavy atom. The van der Waals surface area contributed by atoms with Crippen molar-refractivity contribution in [2.45, 2.75) is 132 Å². The van der Waals surface area contributed by atoms with Crippen molar-refractivity contribution < 1.29 is 19.1 Å². The molecule has 0 aromatic rings. The van der Waals surface area contributed by atoms with E-state index in [-0.39, 0.29) is 47.7 Å². The molecule has 4 radical (unpaired) electrons. The molecule has 0 aliphatic rings. The average molecular weight is 644 g/mol. The van der Waals surface area contributed by atoms with Crippen LogP contribution in [0.4, 0.5) is 0 Å². The molecule has 0 aliphatic heterocycles. The maximum absolute atomic E-state index is 11.4. The van der Waals surface area contributed by atoms with Gasteiger partial charge in [-0.25, -0.2) is 0 Å². The minimum absolute atomic E-state index is 0. The molecule has 0 rings (SSSR count). The van der Waals surface area contributed by atoms with Gasteiger partial charge in [-0.1, -0.05) is 107 Å². The molecule has 0 saturated heterocycles. The molecule has 0 heterocycles. The molecule has 0 aliphatic carbocycles. The van der Waals surface area contributed by atoms with Gasteiger partial charge >= 0.3 is 11.9 Å². The summed E-state index contributed by atoms with van der Waals surface area (Å²) in [6.45, 7) is 17.9. The van der Waals surface area contributed by atoms with Gasteiger partial charge in [-0.15, -0.1) is 0 Å². The van der Waals surface area contributed by atoms with E-state index in [4.69, 9.17) is 9.47 Å². The largest absolute Gasteiger partial charge is 0.465 e. The maximum atomic E-state index is 11.4. The fourth-order valence-corrected chi connectivity index (χ4v) is 2.59. The molecule has 0 aromatic carbocycles. The van der Waals surface area contributed by atoms with E-state index < -0.39 is 0 Å². The molecule has 0 amide bonds. The number of unbranched alkanes of at least 4 members (excludes halogenated alkanes) is 4. The first-order valence-corrected chi connectivity index (χ1v) is 15.2. The molecule has 0 spiro atoms. The second-order valence-corrected chi connectivity index (χ2v) is 9.17. The molecule has 0 fully saturated rings. The third-order valence-corrected chi connectivity index (χ3v) is 5.50. The number of hydrogen-bond donors (Lipinski definition) is 2. The van der Waals surface area contributed by atoms with Gasteiger partial charge in [0.1, 0.15) is 13.2 Å². The molecule has 2 atom stereocenters. The van der Waals surface area contributed by atoms with Gasteiger partial charge in [0.05, 0.1) is 11.8 Å². The van der Waals surface area contributed by atoms with Gasteiger partial charge in [0.2, 0.25) is 0 Å². The van der Waals surface area contributed by atoms with Gasteiger partial charge in [-0.2, -0.15) is 25.3 Å². The number of ether oxygens (including phenoxy) is 2. The monoisotopic (exact) mass is 644 g/mol. The van der Waals surface area contributed by atoms with Crippen LogP contribution in [0.25, 0.3) is 0 Å². The Balaban J connectivity index is -0.000000128. The normalized spacial score (nSPS) is 11.0. The summed E-state index contributed by atoms with van der Waals surface area (Å²) < 4.78 is 10.1. The van der Waals surface area contributed by atoms with E-state index in [2.05, 4.69) is 66.8 Å². The second kappa shape index (κ2) is 41.6. The van der Waals surface area contributed by atoms with Gasteiger partial charge < -0.3 is 9.47 Å². The van der Waals surface area contributed by atoms with Gasteiger partial charge in [-0.05, 0) is 25.7 Å². The van der Waals surface area contributed by atoms with Gasteiger partial charge in [-0.3, -0.25) is 9.59 Å². The Morgan fingerprint density at radius 2 is 0.857 bits per heavy atom. The van der Waals surface area contributed by atoms with Crippen molar-refractivity contribution in [1.29, 1.82) is 0 Å². The standard InChI is InChI=1S/2C10H20O2S.2C4H10.Sn/c2*1-3-5-6-9(4-2)10(11)12-7-8-13;2*1-3-4-2;/h2*9,13H,3-8H2,1-2H3;2*3-4H2,1-2H3;. The molecule has 0 bridgehead atoms. The quantitative estimate of drug-likeness (QED) is 0.101. The molecule has 0 saturated carbocycles. The van der Waals surface area contributed by atoms with Crippen molar-refractivity contribution in [1.82, 2.24) is 0 Å². The Kier molecular flexibility index (Phi) is 53.9. The van der Waals surface area contributed by atoms with Crippen LogP contribution < -0.4 is 0 Å². The van der Waals surface area contributed by atoms with Crippen LogP contribution in [0.1, 0.15) is 132 Å². The fraction of sp³-hybridized carbons (Fsp3) is 0.929. The van der Waals surface area contributed by atoms with Gasteiger partial charge in [0.15, 0.2) is 0 Å². The smallest absolute Gasteiger partial charge is 0.308 e. The van der Waals surface area contributed by atoms with Gasteiger partial charge in [0, 0.05) is 35.4 Å². The van der Waals surface area contributed by atoms with E-state index >= 15 is 0 Å². The summed E-state index contributed by atoms with van der Waals surface area (Å²) in [5.41, 5.74) is 0. The van der Waals surface area contributed by atoms with Crippen molar-refractivity contribution in [3.63, 3.8) is 0 Å².